The molecule has 20 heavy (non-hydrogen) atoms. The Bertz CT molecular complexity index is 487. The highest BCUT2D eigenvalue weighted by Crippen LogP contribution is 2.43. The Labute approximate surface area is 125 Å². The minimum Gasteiger partial charge on any atom is -0.453 e. The summed E-state index contributed by atoms with van der Waals surface area (Å²) >= 11 is 6.30. The summed E-state index contributed by atoms with van der Waals surface area (Å²) in [5.74, 6) is 1.57. The Morgan fingerprint density at radius 1 is 1.25 bits per heavy atom. The van der Waals surface area contributed by atoms with Gasteiger partial charge in [0.05, 0.1) is 5.02 Å². The van der Waals surface area contributed by atoms with Crippen molar-refractivity contribution in [2.75, 3.05) is 39.5 Å². The van der Waals surface area contributed by atoms with Crippen molar-refractivity contribution in [2.45, 2.75) is 19.8 Å². The lowest BCUT2D eigenvalue weighted by molar-refractivity contribution is 0.173. The Kier molecular flexibility index (Phi) is 4.34. The summed E-state index contributed by atoms with van der Waals surface area (Å²) in [6.07, 6.45) is 1.96. The summed E-state index contributed by atoms with van der Waals surface area (Å²) in [5, 5.41) is 4.05. The highest BCUT2D eigenvalue weighted by molar-refractivity contribution is 6.32. The summed E-state index contributed by atoms with van der Waals surface area (Å²) in [4.78, 5) is 2.49. The molecule has 1 aromatic rings. The summed E-state index contributed by atoms with van der Waals surface area (Å²) in [6.45, 7) is 7.93. The van der Waals surface area contributed by atoms with Crippen molar-refractivity contribution >= 4 is 11.6 Å². The van der Waals surface area contributed by atoms with Crippen LogP contribution in [-0.2, 0) is 12.8 Å². The molecule has 0 aliphatic carbocycles. The maximum atomic E-state index is 6.30. The second kappa shape index (κ2) is 6.20. The molecule has 0 aromatic heterocycles. The lowest BCUT2D eigenvalue weighted by atomic mass is 10.00. The molecule has 0 bridgehead atoms. The second-order valence-corrected chi connectivity index (χ2v) is 5.66. The van der Waals surface area contributed by atoms with Crippen LogP contribution in [0.5, 0.6) is 11.5 Å². The van der Waals surface area contributed by atoms with Gasteiger partial charge < -0.3 is 19.7 Å². The molecular formula is C15H21ClN2O2. The minimum atomic E-state index is 0.281. The molecule has 1 aromatic carbocycles. The summed E-state index contributed by atoms with van der Waals surface area (Å²) in [5.41, 5.74) is 2.54. The van der Waals surface area contributed by atoms with Crippen LogP contribution in [-0.4, -0.2) is 44.4 Å². The van der Waals surface area contributed by atoms with Gasteiger partial charge in [-0.3, -0.25) is 0 Å². The van der Waals surface area contributed by atoms with Crippen LogP contribution in [0.4, 0.5) is 0 Å². The van der Waals surface area contributed by atoms with Gasteiger partial charge in [0.1, 0.15) is 0 Å². The summed E-state index contributed by atoms with van der Waals surface area (Å²) in [6, 6.07) is 2.05. The fourth-order valence-corrected chi connectivity index (χ4v) is 3.23. The molecule has 3 rings (SSSR count). The zero-order valence-corrected chi connectivity index (χ0v) is 12.6. The lowest BCUT2D eigenvalue weighted by Gasteiger charge is -2.27. The second-order valence-electron chi connectivity index (χ2n) is 5.26. The van der Waals surface area contributed by atoms with Crippen LogP contribution in [0, 0.1) is 0 Å². The van der Waals surface area contributed by atoms with E-state index in [1.807, 2.05) is 0 Å². The zero-order valence-electron chi connectivity index (χ0n) is 11.9. The third kappa shape index (κ3) is 2.73. The molecule has 110 valence electrons. The molecule has 2 aliphatic rings. The number of ether oxygens (including phenoxy) is 2. The van der Waals surface area contributed by atoms with Crippen LogP contribution in [0.2, 0.25) is 5.02 Å². The van der Waals surface area contributed by atoms with E-state index in [9.17, 15) is 0 Å². The molecule has 4 nitrogen and oxygen atoms in total. The van der Waals surface area contributed by atoms with E-state index in [4.69, 9.17) is 21.1 Å². The van der Waals surface area contributed by atoms with Crippen LogP contribution >= 0.6 is 11.6 Å². The van der Waals surface area contributed by atoms with Gasteiger partial charge in [0.2, 0.25) is 6.79 Å². The average molecular weight is 297 g/mol. The third-order valence-electron chi connectivity index (χ3n) is 4.05. The number of hydrogen-bond acceptors (Lipinski definition) is 4. The average Bonchev–Trinajstić information content (AvgIpc) is 2.96. The van der Waals surface area contributed by atoms with Gasteiger partial charge in [0.25, 0.3) is 0 Å². The van der Waals surface area contributed by atoms with E-state index in [-0.39, 0.29) is 6.79 Å². The Morgan fingerprint density at radius 2 is 2.00 bits per heavy atom. The van der Waals surface area contributed by atoms with Crippen molar-refractivity contribution in [3.8, 4) is 11.5 Å². The number of nitrogens with one attached hydrogen (secondary N) is 1. The van der Waals surface area contributed by atoms with Gasteiger partial charge in [-0.2, -0.15) is 0 Å². The largest absolute Gasteiger partial charge is 0.453 e. The number of fused-ring (bicyclic) bond motifs is 1. The molecule has 0 atom stereocenters. The van der Waals surface area contributed by atoms with E-state index in [0.29, 0.717) is 5.02 Å². The van der Waals surface area contributed by atoms with E-state index in [0.717, 1.165) is 57.1 Å². The Balaban J connectivity index is 1.76. The van der Waals surface area contributed by atoms with Gasteiger partial charge in [-0.05, 0) is 24.5 Å². The van der Waals surface area contributed by atoms with Gasteiger partial charge >= 0.3 is 0 Å². The van der Waals surface area contributed by atoms with Crippen LogP contribution in [0.3, 0.4) is 0 Å². The van der Waals surface area contributed by atoms with E-state index < -0.39 is 0 Å². The number of nitrogens with zero attached hydrogens (tertiary/aromatic N) is 1. The van der Waals surface area contributed by atoms with E-state index in [1.54, 1.807) is 0 Å². The van der Waals surface area contributed by atoms with Gasteiger partial charge in [0, 0.05) is 38.3 Å². The van der Waals surface area contributed by atoms with Gasteiger partial charge in [-0.1, -0.05) is 18.5 Å². The van der Waals surface area contributed by atoms with E-state index >= 15 is 0 Å². The first-order chi connectivity index (χ1) is 9.79. The van der Waals surface area contributed by atoms with Crippen molar-refractivity contribution in [2.24, 2.45) is 0 Å². The number of rotatable bonds is 4. The zero-order chi connectivity index (χ0) is 13.9. The smallest absolute Gasteiger partial charge is 0.231 e. The molecule has 1 N–H and O–H groups in total. The standard InChI is InChI=1S/C15H21ClN2O2/c1-2-12-11(3-6-18-7-4-17-5-8-18)9-13(16)15-14(12)19-10-20-15/h9,17H,2-8,10H2,1H3. The van der Waals surface area contributed by atoms with Gasteiger partial charge in [0.15, 0.2) is 11.5 Å². The lowest BCUT2D eigenvalue weighted by Crippen LogP contribution is -2.44. The number of halogens is 1. The molecule has 0 amide bonds. The number of piperazine rings is 1. The maximum absolute atomic E-state index is 6.30. The quantitative estimate of drug-likeness (QED) is 0.922. The number of hydrogen-bond donors (Lipinski definition) is 1. The first-order valence-electron chi connectivity index (χ1n) is 7.32. The molecule has 2 aliphatic heterocycles. The predicted octanol–water partition coefficient (Wildman–Crippen LogP) is 2.08. The molecule has 0 unspecified atom stereocenters. The minimum absolute atomic E-state index is 0.281. The SMILES string of the molecule is CCc1c(CCN2CCNCC2)cc(Cl)c2c1OCO2. The molecular weight excluding hydrogens is 276 g/mol. The fraction of sp³-hybridized carbons (Fsp3) is 0.600. The molecule has 0 spiro atoms. The van der Waals surface area contributed by atoms with E-state index in [1.165, 1.54) is 11.1 Å². The van der Waals surface area contributed by atoms with Crippen LogP contribution in [0.25, 0.3) is 0 Å². The van der Waals surface area contributed by atoms with Gasteiger partial charge in [-0.15, -0.1) is 0 Å². The molecule has 5 heteroatoms. The van der Waals surface area contributed by atoms with Crippen LogP contribution in [0.1, 0.15) is 18.1 Å². The first kappa shape index (κ1) is 14.0. The number of benzene rings is 1. The third-order valence-corrected chi connectivity index (χ3v) is 4.33. The van der Waals surface area contributed by atoms with Crippen molar-refractivity contribution in [1.82, 2.24) is 10.2 Å². The molecule has 1 saturated heterocycles. The Morgan fingerprint density at radius 3 is 2.75 bits per heavy atom. The Hall–Kier alpha value is -0.970. The summed E-state index contributed by atoms with van der Waals surface area (Å²) in [7, 11) is 0. The first-order valence-corrected chi connectivity index (χ1v) is 7.70. The van der Waals surface area contributed by atoms with Crippen LogP contribution in [0.15, 0.2) is 6.07 Å². The molecule has 2 heterocycles. The van der Waals surface area contributed by atoms with Crippen LogP contribution < -0.4 is 14.8 Å². The summed E-state index contributed by atoms with van der Waals surface area (Å²) < 4.78 is 11.1. The topological polar surface area (TPSA) is 33.7 Å². The van der Waals surface area contributed by atoms with E-state index in [2.05, 4.69) is 23.2 Å². The molecule has 0 saturated carbocycles. The fourth-order valence-electron chi connectivity index (χ4n) is 2.96. The van der Waals surface area contributed by atoms with Crippen molar-refractivity contribution < 1.29 is 9.47 Å². The highest BCUT2D eigenvalue weighted by atomic mass is 35.5. The monoisotopic (exact) mass is 296 g/mol. The molecule has 1 fully saturated rings. The van der Waals surface area contributed by atoms with Crippen molar-refractivity contribution in [3.05, 3.63) is 22.2 Å². The predicted molar refractivity (Wildman–Crippen MR) is 80.0 cm³/mol. The van der Waals surface area contributed by atoms with Gasteiger partial charge in [-0.25, -0.2) is 0 Å². The van der Waals surface area contributed by atoms with Crippen molar-refractivity contribution in [3.63, 3.8) is 0 Å². The highest BCUT2D eigenvalue weighted by Gasteiger charge is 2.23. The maximum Gasteiger partial charge on any atom is 0.231 e. The normalized spacial score (nSPS) is 18.5. The molecule has 0 radical (unpaired) electrons. The van der Waals surface area contributed by atoms with Crippen molar-refractivity contribution in [1.29, 1.82) is 0 Å².